The number of nitrogens with zero attached hydrogens (tertiary/aromatic N) is 4. The van der Waals surface area contributed by atoms with Gasteiger partial charge in [0.2, 0.25) is 5.91 Å². The Labute approximate surface area is 204 Å². The molecule has 1 saturated carbocycles. The number of carbonyl (C=O) groups excluding carboxylic acids is 1. The van der Waals surface area contributed by atoms with Gasteiger partial charge in [0.1, 0.15) is 35.8 Å². The summed E-state index contributed by atoms with van der Waals surface area (Å²) in [4.78, 5) is 21.3. The van der Waals surface area contributed by atoms with E-state index in [2.05, 4.69) is 29.9 Å². The molecule has 0 unspecified atom stereocenters. The van der Waals surface area contributed by atoms with Crippen molar-refractivity contribution >= 4 is 36.5 Å². The number of alkyl halides is 1. The van der Waals surface area contributed by atoms with Crippen LogP contribution >= 0.6 is 0 Å². The summed E-state index contributed by atoms with van der Waals surface area (Å²) in [6.07, 6.45) is 6.83. The lowest BCUT2D eigenvalue weighted by molar-refractivity contribution is -0.117. The number of amides is 1. The number of pyridine rings is 2. The molecule has 5 rings (SSSR count). The zero-order chi connectivity index (χ0) is 24.7. The molecule has 184 valence electrons. The SMILES string of the molecule is COc1cc2nccn2cc1-c1cn(COCC[Si](C)(C)C)c2nc(NC(=O)[C@@H]3C[C@@H]3F)ccc12. The van der Waals surface area contributed by atoms with Crippen molar-refractivity contribution in [2.75, 3.05) is 19.0 Å². The average molecular weight is 496 g/mol. The fraction of sp³-hybridized carbons (Fsp3) is 0.400. The lowest BCUT2D eigenvalue weighted by atomic mass is 10.1. The third-order valence-electron chi connectivity index (χ3n) is 6.25. The van der Waals surface area contributed by atoms with E-state index in [-0.39, 0.29) is 12.3 Å². The molecule has 0 spiro atoms. The van der Waals surface area contributed by atoms with Gasteiger partial charge in [0.25, 0.3) is 0 Å². The normalized spacial score (nSPS) is 17.7. The van der Waals surface area contributed by atoms with Gasteiger partial charge in [0, 0.05) is 62.0 Å². The summed E-state index contributed by atoms with van der Waals surface area (Å²) in [7, 11) is 0.418. The molecule has 1 aliphatic carbocycles. The summed E-state index contributed by atoms with van der Waals surface area (Å²) in [6.45, 7) is 7.95. The quantitative estimate of drug-likeness (QED) is 0.262. The molecule has 35 heavy (non-hydrogen) atoms. The van der Waals surface area contributed by atoms with E-state index in [1.54, 1.807) is 19.4 Å². The Hall–Kier alpha value is -3.24. The van der Waals surface area contributed by atoms with Gasteiger partial charge in [0.15, 0.2) is 0 Å². The van der Waals surface area contributed by atoms with Crippen LogP contribution in [0.2, 0.25) is 25.7 Å². The predicted octanol–water partition coefficient (Wildman–Crippen LogP) is 4.97. The first-order valence-electron chi connectivity index (χ1n) is 11.8. The Bertz CT molecular complexity index is 1390. The summed E-state index contributed by atoms with van der Waals surface area (Å²) >= 11 is 0. The number of rotatable bonds is 9. The first-order chi connectivity index (χ1) is 16.7. The van der Waals surface area contributed by atoms with Crippen molar-refractivity contribution in [1.29, 1.82) is 0 Å². The van der Waals surface area contributed by atoms with Crippen LogP contribution < -0.4 is 10.1 Å². The molecule has 0 radical (unpaired) electrons. The summed E-state index contributed by atoms with van der Waals surface area (Å²) in [5.74, 6) is 0.182. The monoisotopic (exact) mass is 495 g/mol. The van der Waals surface area contributed by atoms with Crippen LogP contribution in [0.1, 0.15) is 6.42 Å². The van der Waals surface area contributed by atoms with E-state index in [4.69, 9.17) is 14.5 Å². The molecule has 1 fully saturated rings. The highest BCUT2D eigenvalue weighted by molar-refractivity contribution is 6.76. The topological polar surface area (TPSA) is 82.7 Å². The van der Waals surface area contributed by atoms with Gasteiger partial charge >= 0.3 is 0 Å². The number of halogens is 1. The predicted molar refractivity (Wildman–Crippen MR) is 136 cm³/mol. The highest BCUT2D eigenvalue weighted by Crippen LogP contribution is 2.38. The Kier molecular flexibility index (Phi) is 6.10. The number of methoxy groups -OCH3 is 1. The molecule has 1 aliphatic rings. The molecule has 4 aromatic heterocycles. The fourth-order valence-electron chi connectivity index (χ4n) is 4.06. The first kappa shape index (κ1) is 23.5. The molecule has 10 heteroatoms. The van der Waals surface area contributed by atoms with Crippen LogP contribution in [0.3, 0.4) is 0 Å². The number of aromatic nitrogens is 4. The van der Waals surface area contributed by atoms with Crippen LogP contribution in [0.15, 0.2) is 43.0 Å². The van der Waals surface area contributed by atoms with E-state index in [0.717, 1.165) is 28.2 Å². The van der Waals surface area contributed by atoms with Crippen LogP contribution in [-0.2, 0) is 16.3 Å². The van der Waals surface area contributed by atoms with Crippen LogP contribution in [0.5, 0.6) is 5.75 Å². The van der Waals surface area contributed by atoms with Crippen molar-refractivity contribution in [3.8, 4) is 16.9 Å². The molecular formula is C25H30FN5O3Si. The summed E-state index contributed by atoms with van der Waals surface area (Å²) in [6, 6.07) is 6.62. The van der Waals surface area contributed by atoms with E-state index >= 15 is 0 Å². The maximum atomic E-state index is 13.3. The van der Waals surface area contributed by atoms with E-state index in [1.807, 2.05) is 39.7 Å². The highest BCUT2D eigenvalue weighted by atomic mass is 28.3. The lowest BCUT2D eigenvalue weighted by Crippen LogP contribution is -2.22. The minimum atomic E-state index is -1.22. The number of ether oxygens (including phenoxy) is 2. The molecule has 0 aromatic carbocycles. The molecule has 4 heterocycles. The van der Waals surface area contributed by atoms with Gasteiger partial charge in [0.05, 0.1) is 13.0 Å². The van der Waals surface area contributed by atoms with Crippen molar-refractivity contribution < 1.29 is 18.7 Å². The van der Waals surface area contributed by atoms with Crippen LogP contribution in [-0.4, -0.2) is 52.8 Å². The van der Waals surface area contributed by atoms with Crippen LogP contribution in [0, 0.1) is 5.92 Å². The van der Waals surface area contributed by atoms with Gasteiger partial charge in [-0.1, -0.05) is 19.6 Å². The second-order valence-electron chi connectivity index (χ2n) is 10.2. The lowest BCUT2D eigenvalue weighted by Gasteiger charge is -2.15. The number of hydrogen-bond acceptors (Lipinski definition) is 5. The largest absolute Gasteiger partial charge is 0.496 e. The van der Waals surface area contributed by atoms with Gasteiger partial charge in [-0.2, -0.15) is 0 Å². The summed E-state index contributed by atoms with van der Waals surface area (Å²) in [5, 5.41) is 3.65. The number of anilines is 1. The van der Waals surface area contributed by atoms with Crippen molar-refractivity contribution in [3.05, 3.63) is 43.0 Å². The third kappa shape index (κ3) is 4.94. The van der Waals surface area contributed by atoms with Gasteiger partial charge in [-0.3, -0.25) is 4.79 Å². The maximum absolute atomic E-state index is 13.3. The molecular weight excluding hydrogens is 465 g/mol. The Morgan fingerprint density at radius 3 is 2.77 bits per heavy atom. The Balaban J connectivity index is 1.53. The fourth-order valence-corrected chi connectivity index (χ4v) is 4.81. The van der Waals surface area contributed by atoms with Crippen LogP contribution in [0.4, 0.5) is 10.2 Å². The van der Waals surface area contributed by atoms with E-state index in [9.17, 15) is 9.18 Å². The number of nitrogens with one attached hydrogen (secondary N) is 1. The van der Waals surface area contributed by atoms with Crippen molar-refractivity contribution in [2.45, 2.75) is 45.0 Å². The third-order valence-corrected chi connectivity index (χ3v) is 7.96. The van der Waals surface area contributed by atoms with Gasteiger partial charge in [-0.05, 0) is 24.6 Å². The Morgan fingerprint density at radius 1 is 1.26 bits per heavy atom. The van der Waals surface area contributed by atoms with Crippen LogP contribution in [0.25, 0.3) is 27.8 Å². The average Bonchev–Trinajstić information content (AvgIpc) is 3.22. The standard InChI is InChI=1S/C25H30FN5O3Si/c1-33-21-12-23-27-7-8-30(23)14-19(21)18-13-31(15-34-9-10-35(2,3)4)24-16(18)5-6-22(28-24)29-25(32)17-11-20(17)26/h5-8,12-14,17,20H,9-11,15H2,1-4H3,(H,28,29,32)/t17-,20+/m1/s1. The highest BCUT2D eigenvalue weighted by Gasteiger charge is 2.43. The minimum absolute atomic E-state index is 0.274. The number of fused-ring (bicyclic) bond motifs is 2. The van der Waals surface area contributed by atoms with E-state index < -0.39 is 20.2 Å². The van der Waals surface area contributed by atoms with Gasteiger partial charge in [-0.15, -0.1) is 0 Å². The first-order valence-corrected chi connectivity index (χ1v) is 15.5. The smallest absolute Gasteiger partial charge is 0.231 e. The molecule has 0 aliphatic heterocycles. The Morgan fingerprint density at radius 2 is 2.06 bits per heavy atom. The van der Waals surface area contributed by atoms with Crippen molar-refractivity contribution in [2.24, 2.45) is 5.92 Å². The van der Waals surface area contributed by atoms with Gasteiger partial charge < -0.3 is 23.8 Å². The maximum Gasteiger partial charge on any atom is 0.231 e. The second-order valence-corrected chi connectivity index (χ2v) is 15.8. The van der Waals surface area contributed by atoms with E-state index in [1.165, 1.54) is 0 Å². The number of imidazole rings is 1. The molecule has 4 aromatic rings. The molecule has 1 amide bonds. The van der Waals surface area contributed by atoms with Crippen molar-refractivity contribution in [1.82, 2.24) is 18.9 Å². The molecule has 0 saturated heterocycles. The zero-order valence-electron chi connectivity index (χ0n) is 20.4. The minimum Gasteiger partial charge on any atom is -0.496 e. The summed E-state index contributed by atoms with van der Waals surface area (Å²) < 4.78 is 28.9. The number of hydrogen-bond donors (Lipinski definition) is 1. The molecule has 8 nitrogen and oxygen atoms in total. The van der Waals surface area contributed by atoms with E-state index in [0.29, 0.717) is 30.6 Å². The second kappa shape index (κ2) is 9.08. The number of carbonyl (C=O) groups is 1. The van der Waals surface area contributed by atoms with Gasteiger partial charge in [-0.25, -0.2) is 14.4 Å². The van der Waals surface area contributed by atoms with Crippen molar-refractivity contribution in [3.63, 3.8) is 0 Å². The summed E-state index contributed by atoms with van der Waals surface area (Å²) in [5.41, 5.74) is 3.28. The zero-order valence-corrected chi connectivity index (χ0v) is 21.4. The molecule has 1 N–H and O–H groups in total. The molecule has 2 atom stereocenters. The molecule has 0 bridgehead atoms.